The summed E-state index contributed by atoms with van der Waals surface area (Å²) in [6, 6.07) is 21.0. The molecule has 1 atom stereocenters. The Bertz CT molecular complexity index is 963. The summed E-state index contributed by atoms with van der Waals surface area (Å²) in [4.78, 5) is 18.5. The summed E-state index contributed by atoms with van der Waals surface area (Å²) in [5.41, 5.74) is 5.13. The molecule has 1 aliphatic rings. The molecule has 5 heteroatoms. The molecule has 3 aromatic rings. The molecule has 1 amide bonds. The average molecular weight is 420 g/mol. The largest absolute Gasteiger partial charge is 0.368 e. The fraction of sp³-hybridized carbons (Fsp3) is 0.320. The first kappa shape index (κ1) is 20.6. The smallest absolute Gasteiger partial charge is 0.236 e. The van der Waals surface area contributed by atoms with Crippen LogP contribution in [0, 0.1) is 13.8 Å². The molecule has 2 heterocycles. The SMILES string of the molecule is Cc1cccc(N2CCN(C(=O)CN[C@@H](c3ccccc3)c3cccs3)CC2)c1C. The predicted molar refractivity (Wildman–Crippen MR) is 125 cm³/mol. The molecule has 30 heavy (non-hydrogen) atoms. The number of nitrogens with one attached hydrogen (secondary N) is 1. The number of amides is 1. The van der Waals surface area contributed by atoms with E-state index in [-0.39, 0.29) is 11.9 Å². The summed E-state index contributed by atoms with van der Waals surface area (Å²) in [6.45, 7) is 7.97. The van der Waals surface area contributed by atoms with Crippen molar-refractivity contribution < 1.29 is 4.79 Å². The van der Waals surface area contributed by atoms with Crippen LogP contribution in [0.25, 0.3) is 0 Å². The van der Waals surface area contributed by atoms with E-state index in [1.54, 1.807) is 11.3 Å². The van der Waals surface area contributed by atoms with Gasteiger partial charge in [-0.3, -0.25) is 10.1 Å². The maximum Gasteiger partial charge on any atom is 0.236 e. The molecule has 0 spiro atoms. The lowest BCUT2D eigenvalue weighted by Crippen LogP contribution is -2.51. The number of piperazine rings is 1. The summed E-state index contributed by atoms with van der Waals surface area (Å²) in [6.07, 6.45) is 0. The summed E-state index contributed by atoms with van der Waals surface area (Å²) in [7, 11) is 0. The first-order valence-corrected chi connectivity index (χ1v) is 11.4. The van der Waals surface area contributed by atoms with Gasteiger partial charge in [-0.2, -0.15) is 0 Å². The Morgan fingerprint density at radius 3 is 2.43 bits per heavy atom. The van der Waals surface area contributed by atoms with Crippen LogP contribution in [0.5, 0.6) is 0 Å². The van der Waals surface area contributed by atoms with Gasteiger partial charge in [0.25, 0.3) is 0 Å². The van der Waals surface area contributed by atoms with Gasteiger partial charge in [-0.25, -0.2) is 0 Å². The molecule has 0 saturated carbocycles. The van der Waals surface area contributed by atoms with Gasteiger partial charge < -0.3 is 9.80 Å². The van der Waals surface area contributed by atoms with E-state index in [0.29, 0.717) is 6.54 Å². The summed E-state index contributed by atoms with van der Waals surface area (Å²) >= 11 is 1.72. The highest BCUT2D eigenvalue weighted by Gasteiger charge is 2.23. The normalized spacial score (nSPS) is 15.3. The molecule has 4 nitrogen and oxygen atoms in total. The lowest BCUT2D eigenvalue weighted by Gasteiger charge is -2.37. The molecule has 2 aromatic carbocycles. The molecule has 0 aliphatic carbocycles. The molecule has 1 saturated heterocycles. The Kier molecular flexibility index (Phi) is 6.50. The van der Waals surface area contributed by atoms with Crippen LogP contribution in [-0.4, -0.2) is 43.5 Å². The number of nitrogens with zero attached hydrogens (tertiary/aromatic N) is 2. The van der Waals surface area contributed by atoms with Gasteiger partial charge in [0.05, 0.1) is 12.6 Å². The van der Waals surface area contributed by atoms with Crippen molar-refractivity contribution in [2.75, 3.05) is 37.6 Å². The second kappa shape index (κ2) is 9.45. The molecular weight excluding hydrogens is 390 g/mol. The number of rotatable bonds is 6. The van der Waals surface area contributed by atoms with Gasteiger partial charge in [0.2, 0.25) is 5.91 Å². The number of aryl methyl sites for hydroxylation is 1. The minimum Gasteiger partial charge on any atom is -0.368 e. The first-order valence-electron chi connectivity index (χ1n) is 10.5. The number of carbonyl (C=O) groups excluding carboxylic acids is 1. The van der Waals surface area contributed by atoms with Crippen LogP contribution in [-0.2, 0) is 4.79 Å². The van der Waals surface area contributed by atoms with Crippen molar-refractivity contribution in [3.8, 4) is 0 Å². The third-order valence-corrected chi connectivity index (χ3v) is 6.90. The van der Waals surface area contributed by atoms with Crippen LogP contribution in [0.3, 0.4) is 0 Å². The molecule has 1 N–H and O–H groups in total. The van der Waals surface area contributed by atoms with Gasteiger partial charge in [0.1, 0.15) is 0 Å². The molecule has 156 valence electrons. The minimum atomic E-state index is 0.0476. The van der Waals surface area contributed by atoms with Crippen LogP contribution in [0.1, 0.15) is 27.6 Å². The highest BCUT2D eigenvalue weighted by Crippen LogP contribution is 2.26. The van der Waals surface area contributed by atoms with E-state index in [1.807, 2.05) is 23.1 Å². The van der Waals surface area contributed by atoms with E-state index in [2.05, 4.69) is 71.9 Å². The van der Waals surface area contributed by atoms with Crippen LogP contribution in [0.4, 0.5) is 5.69 Å². The Balaban J connectivity index is 1.36. The van der Waals surface area contributed by atoms with Gasteiger partial charge in [-0.05, 0) is 48.1 Å². The van der Waals surface area contributed by atoms with E-state index in [9.17, 15) is 4.79 Å². The first-order chi connectivity index (χ1) is 14.6. The number of anilines is 1. The van der Waals surface area contributed by atoms with E-state index in [0.717, 1.165) is 26.2 Å². The minimum absolute atomic E-state index is 0.0476. The Morgan fingerprint density at radius 2 is 1.73 bits per heavy atom. The second-order valence-electron chi connectivity index (χ2n) is 7.83. The van der Waals surface area contributed by atoms with Gasteiger partial charge in [-0.1, -0.05) is 48.5 Å². The molecule has 0 radical (unpaired) electrons. The summed E-state index contributed by atoms with van der Waals surface area (Å²) in [5, 5.41) is 5.59. The van der Waals surface area contributed by atoms with Gasteiger partial charge >= 0.3 is 0 Å². The Hall–Kier alpha value is -2.63. The van der Waals surface area contributed by atoms with Crippen molar-refractivity contribution in [3.63, 3.8) is 0 Å². The number of thiophene rings is 1. The average Bonchev–Trinajstić information content (AvgIpc) is 3.31. The zero-order valence-corrected chi connectivity index (χ0v) is 18.5. The van der Waals surface area contributed by atoms with Crippen molar-refractivity contribution in [1.82, 2.24) is 10.2 Å². The number of benzene rings is 2. The number of hydrogen-bond acceptors (Lipinski definition) is 4. The third-order valence-electron chi connectivity index (χ3n) is 5.97. The molecule has 1 aromatic heterocycles. The zero-order chi connectivity index (χ0) is 20.9. The summed E-state index contributed by atoms with van der Waals surface area (Å²) in [5.74, 6) is 0.174. The van der Waals surface area contributed by atoms with Crippen molar-refractivity contribution >= 4 is 22.9 Å². The zero-order valence-electron chi connectivity index (χ0n) is 17.7. The maximum absolute atomic E-state index is 12.9. The molecular formula is C25H29N3OS. The third kappa shape index (κ3) is 4.58. The van der Waals surface area contributed by atoms with Crippen LogP contribution in [0.15, 0.2) is 66.0 Å². The van der Waals surface area contributed by atoms with Gasteiger partial charge in [0, 0.05) is 36.7 Å². The van der Waals surface area contributed by atoms with E-state index in [4.69, 9.17) is 0 Å². The Labute approximate surface area is 183 Å². The van der Waals surface area contributed by atoms with E-state index in [1.165, 1.54) is 27.3 Å². The lowest BCUT2D eigenvalue weighted by atomic mass is 10.1. The van der Waals surface area contributed by atoms with Crippen molar-refractivity contribution in [1.29, 1.82) is 0 Å². The van der Waals surface area contributed by atoms with Gasteiger partial charge in [-0.15, -0.1) is 11.3 Å². The second-order valence-corrected chi connectivity index (χ2v) is 8.81. The lowest BCUT2D eigenvalue weighted by molar-refractivity contribution is -0.130. The molecule has 1 aliphatic heterocycles. The molecule has 4 rings (SSSR count). The van der Waals surface area contributed by atoms with E-state index < -0.39 is 0 Å². The Morgan fingerprint density at radius 1 is 0.967 bits per heavy atom. The fourth-order valence-electron chi connectivity index (χ4n) is 4.06. The predicted octanol–water partition coefficient (Wildman–Crippen LogP) is 4.39. The van der Waals surface area contributed by atoms with Crippen LogP contribution < -0.4 is 10.2 Å². The maximum atomic E-state index is 12.9. The fourth-order valence-corrected chi connectivity index (χ4v) is 4.89. The van der Waals surface area contributed by atoms with Crippen LogP contribution in [0.2, 0.25) is 0 Å². The number of hydrogen-bond donors (Lipinski definition) is 1. The van der Waals surface area contributed by atoms with E-state index >= 15 is 0 Å². The number of carbonyl (C=O) groups is 1. The molecule has 0 unspecified atom stereocenters. The van der Waals surface area contributed by atoms with Crippen molar-refractivity contribution in [2.45, 2.75) is 19.9 Å². The van der Waals surface area contributed by atoms with Crippen molar-refractivity contribution in [3.05, 3.63) is 87.6 Å². The topological polar surface area (TPSA) is 35.6 Å². The molecule has 1 fully saturated rings. The monoisotopic (exact) mass is 419 g/mol. The summed E-state index contributed by atoms with van der Waals surface area (Å²) < 4.78 is 0. The highest BCUT2D eigenvalue weighted by atomic mass is 32.1. The van der Waals surface area contributed by atoms with Crippen molar-refractivity contribution in [2.24, 2.45) is 0 Å². The van der Waals surface area contributed by atoms with Crippen LogP contribution >= 0.6 is 11.3 Å². The van der Waals surface area contributed by atoms with Gasteiger partial charge in [0.15, 0.2) is 0 Å². The highest BCUT2D eigenvalue weighted by molar-refractivity contribution is 7.10. The molecule has 0 bridgehead atoms. The quantitative estimate of drug-likeness (QED) is 0.644. The standard InChI is InChI=1S/C25H29N3OS/c1-19-8-6-11-22(20(19)2)27-13-15-28(16-14-27)24(29)18-26-25(23-12-7-17-30-23)21-9-4-3-5-10-21/h3-12,17,25-26H,13-16,18H2,1-2H3/t25-/m0/s1.